The maximum Gasteiger partial charge on any atom is 0.131 e. The van der Waals surface area contributed by atoms with Gasteiger partial charge in [0.05, 0.1) is 7.21 Å². The van der Waals surface area contributed by atoms with Gasteiger partial charge in [-0.1, -0.05) is 0 Å². The summed E-state index contributed by atoms with van der Waals surface area (Å²) in [4.78, 5) is 7.16. The molecule has 1 aliphatic rings. The van der Waals surface area contributed by atoms with Crippen molar-refractivity contribution in [3.8, 4) is 0 Å². The zero-order chi connectivity index (χ0) is 13.2. The maximum absolute atomic E-state index is 7.80. The fraction of sp³-hybridized carbons (Fsp3) is 0.429. The third kappa shape index (κ3) is 1.19. The summed E-state index contributed by atoms with van der Waals surface area (Å²) in [7, 11) is 0. The highest BCUT2D eigenvalue weighted by atomic mass is 79.9. The minimum absolute atomic E-state index is 0.0339. The van der Waals surface area contributed by atoms with Crippen LogP contribution in [0.15, 0.2) is 16.8 Å². The van der Waals surface area contributed by atoms with Gasteiger partial charge in [0.25, 0.3) is 0 Å². The molecule has 1 aromatic rings. The van der Waals surface area contributed by atoms with E-state index in [1.807, 2.05) is 0 Å². The van der Waals surface area contributed by atoms with Crippen molar-refractivity contribution in [3.63, 3.8) is 0 Å². The van der Waals surface area contributed by atoms with Crippen LogP contribution in [0.4, 0.5) is 0 Å². The van der Waals surface area contributed by atoms with E-state index in [4.69, 9.17) is 9.60 Å². The molecule has 2 nitrogen and oxygen atoms in total. The quantitative estimate of drug-likeness (QED) is 0.703. The van der Waals surface area contributed by atoms with Gasteiger partial charge in [-0.25, -0.2) is 9.97 Å². The average Bonchev–Trinajstić information content (AvgIpc) is 2.53. The van der Waals surface area contributed by atoms with Crippen LogP contribution in [-0.2, 0) is 0 Å². The predicted octanol–water partition coefficient (Wildman–Crippen LogP) is 2.12. The molecule has 10 heavy (non-hydrogen) atoms. The van der Waals surface area contributed by atoms with Crippen molar-refractivity contribution >= 4 is 15.9 Å². The van der Waals surface area contributed by atoms with Crippen molar-refractivity contribution in [2.24, 2.45) is 0 Å². The van der Waals surface area contributed by atoms with E-state index in [9.17, 15) is 0 Å². The minimum Gasteiger partial charge on any atom is -0.240 e. The van der Waals surface area contributed by atoms with Crippen LogP contribution in [-0.4, -0.2) is 9.97 Å². The monoisotopic (exact) mass is 205 g/mol. The lowest BCUT2D eigenvalue weighted by molar-refractivity contribution is 0.921. The van der Waals surface area contributed by atoms with E-state index >= 15 is 0 Å². The average molecular weight is 206 g/mol. The molecule has 1 aliphatic carbocycles. The van der Waals surface area contributed by atoms with E-state index in [0.29, 0.717) is 0 Å². The van der Waals surface area contributed by atoms with Crippen LogP contribution in [0.25, 0.3) is 0 Å². The molecule has 0 bridgehead atoms. The molecule has 1 aromatic heterocycles. The Hall–Kier alpha value is -0.440. The van der Waals surface area contributed by atoms with Gasteiger partial charge in [-0.3, -0.25) is 0 Å². The second kappa shape index (κ2) is 2.31. The van der Waals surface area contributed by atoms with Crippen LogP contribution in [0.2, 0.25) is 0 Å². The third-order valence-electron chi connectivity index (χ3n) is 0.994. The van der Waals surface area contributed by atoms with E-state index in [2.05, 4.69) is 25.9 Å². The van der Waals surface area contributed by atoms with Crippen LogP contribution in [0.5, 0.6) is 0 Å². The zero-order valence-corrected chi connectivity index (χ0v) is 6.36. The molecule has 0 N–H and O–H groups in total. The first-order chi connectivity index (χ1) is 7.57. The molecule has 0 aromatic carbocycles. The maximum atomic E-state index is 7.80. The van der Waals surface area contributed by atoms with Gasteiger partial charge in [-0.15, -0.1) is 0 Å². The second-order valence-electron chi connectivity index (χ2n) is 1.71. The normalized spacial score (nSPS) is 40.7. The summed E-state index contributed by atoms with van der Waals surface area (Å²) in [5.41, 5.74) is 0. The molecule has 0 radical (unpaired) electrons. The van der Waals surface area contributed by atoms with E-state index < -0.39 is 24.5 Å². The molecule has 1 saturated carbocycles. The topological polar surface area (TPSA) is 25.8 Å². The Labute approximate surface area is 77.7 Å². The molecular weight excluding hydrogens is 192 g/mol. The second-order valence-corrected chi connectivity index (χ2v) is 2.50. The van der Waals surface area contributed by atoms with Crippen LogP contribution in [0, 0.1) is 0 Å². The lowest BCUT2D eigenvalue weighted by Gasteiger charge is -1.93. The lowest BCUT2D eigenvalue weighted by atomic mass is 10.4. The Kier molecular flexibility index (Phi) is 0.524. The number of hydrogen-bond donors (Lipinski definition) is 0. The van der Waals surface area contributed by atoms with Crippen LogP contribution >= 0.6 is 15.9 Å². The summed E-state index contributed by atoms with van der Waals surface area (Å²) < 4.78 is 52.4. The molecule has 0 aliphatic heterocycles. The highest BCUT2D eigenvalue weighted by Crippen LogP contribution is 2.37. The Morgan fingerprint density at radius 2 is 2.30 bits per heavy atom. The number of aromatic nitrogens is 2. The van der Waals surface area contributed by atoms with E-state index in [0.717, 1.165) is 0 Å². The summed E-state index contributed by atoms with van der Waals surface area (Å²) in [6, 6.07) is 0. The van der Waals surface area contributed by atoms with Gasteiger partial charge in [0, 0.05) is 25.1 Å². The Balaban J connectivity index is 2.59. The van der Waals surface area contributed by atoms with Crippen molar-refractivity contribution in [2.75, 3.05) is 0 Å². The fourth-order valence-electron chi connectivity index (χ4n) is 0.509. The largest absolute Gasteiger partial charge is 0.240 e. The summed E-state index contributed by atoms with van der Waals surface area (Å²) in [5, 5.41) is 0. The van der Waals surface area contributed by atoms with Crippen molar-refractivity contribution in [1.82, 2.24) is 9.97 Å². The standard InChI is InChI=1S/C7H7BrN2/c8-6-3-9-7(10-4-6)5-1-2-5/h3-5H,1-2H2/i1D2,2D2,3D,4D,5D. The Morgan fingerprint density at radius 1 is 1.70 bits per heavy atom. The highest BCUT2D eigenvalue weighted by Gasteiger charge is 2.25. The summed E-state index contributed by atoms with van der Waals surface area (Å²) in [5.74, 6) is -2.72. The molecule has 1 fully saturated rings. The minimum atomic E-state index is -2.42. The smallest absolute Gasteiger partial charge is 0.131 e. The van der Waals surface area contributed by atoms with Crippen LogP contribution in [0.3, 0.4) is 0 Å². The SMILES string of the molecule is [2H]c1nc(C2([2H])C([2H])([2H])C2([2H])[2H])nc([2H])c1Br. The fourth-order valence-corrected chi connectivity index (χ4v) is 0.686. The molecule has 1 heterocycles. The van der Waals surface area contributed by atoms with Crippen molar-refractivity contribution in [3.05, 3.63) is 22.6 Å². The Bertz CT molecular complexity index is 466. The zero-order valence-electron chi connectivity index (χ0n) is 11.8. The lowest BCUT2D eigenvalue weighted by Crippen LogP contribution is -1.89. The van der Waals surface area contributed by atoms with Gasteiger partial charge < -0.3 is 0 Å². The van der Waals surface area contributed by atoms with Gasteiger partial charge in [0.2, 0.25) is 0 Å². The van der Waals surface area contributed by atoms with Gasteiger partial charge in [-0.05, 0) is 28.7 Å². The molecule has 0 spiro atoms. The third-order valence-corrected chi connectivity index (χ3v) is 1.35. The van der Waals surface area contributed by atoms with E-state index in [1.54, 1.807) is 0 Å². The molecule has 0 amide bonds. The van der Waals surface area contributed by atoms with Crippen LogP contribution < -0.4 is 0 Å². The van der Waals surface area contributed by atoms with Crippen molar-refractivity contribution in [2.45, 2.75) is 18.6 Å². The highest BCUT2D eigenvalue weighted by molar-refractivity contribution is 9.10. The summed E-state index contributed by atoms with van der Waals surface area (Å²) >= 11 is 2.91. The van der Waals surface area contributed by atoms with Crippen molar-refractivity contribution in [1.29, 1.82) is 0 Å². The molecule has 52 valence electrons. The van der Waals surface area contributed by atoms with Gasteiger partial charge in [0.1, 0.15) is 5.82 Å². The molecule has 0 unspecified atom stereocenters. The molecular formula is C7H7BrN2. The number of hydrogen-bond acceptors (Lipinski definition) is 2. The van der Waals surface area contributed by atoms with Crippen LogP contribution in [0.1, 0.15) is 34.1 Å². The first-order valence-electron chi connectivity index (χ1n) is 6.08. The molecule has 0 saturated heterocycles. The first-order valence-corrected chi connectivity index (χ1v) is 3.38. The first kappa shape index (κ1) is 2.27. The van der Waals surface area contributed by atoms with Gasteiger partial charge >= 0.3 is 0 Å². The molecule has 2 rings (SSSR count). The number of halogens is 1. The van der Waals surface area contributed by atoms with E-state index in [1.165, 1.54) is 0 Å². The van der Waals surface area contributed by atoms with Gasteiger partial charge in [0.15, 0.2) is 0 Å². The molecule has 3 heteroatoms. The molecule has 0 atom stereocenters. The Morgan fingerprint density at radius 3 is 2.80 bits per heavy atom. The predicted molar refractivity (Wildman–Crippen MR) is 41.7 cm³/mol. The van der Waals surface area contributed by atoms with Gasteiger partial charge in [-0.2, -0.15) is 0 Å². The van der Waals surface area contributed by atoms with Crippen molar-refractivity contribution < 1.29 is 9.60 Å². The summed E-state index contributed by atoms with van der Waals surface area (Å²) in [6.07, 6.45) is -5.56. The number of rotatable bonds is 1. The summed E-state index contributed by atoms with van der Waals surface area (Å²) in [6.45, 7) is 0. The number of nitrogens with zero attached hydrogens (tertiary/aromatic N) is 2. The van der Waals surface area contributed by atoms with E-state index in [-0.39, 0.29) is 16.8 Å².